The van der Waals surface area contributed by atoms with Gasteiger partial charge in [0.1, 0.15) is 23.5 Å². The molecule has 1 heterocycles. The van der Waals surface area contributed by atoms with Crippen LogP contribution in [0.4, 0.5) is 10.2 Å². The Bertz CT molecular complexity index is 582. The van der Waals surface area contributed by atoms with E-state index in [1.807, 2.05) is 6.07 Å². The number of anilines is 1. The van der Waals surface area contributed by atoms with Crippen LogP contribution in [0.5, 0.6) is 0 Å². The number of nitrogens with one attached hydrogen (secondary N) is 1. The van der Waals surface area contributed by atoms with Gasteiger partial charge in [0.25, 0.3) is 0 Å². The normalized spacial score (nSPS) is 23.5. The summed E-state index contributed by atoms with van der Waals surface area (Å²) in [4.78, 5) is 8.19. The van der Waals surface area contributed by atoms with Gasteiger partial charge in [0.05, 0.1) is 6.10 Å². The first-order chi connectivity index (χ1) is 9.24. The van der Waals surface area contributed by atoms with Crippen molar-refractivity contribution in [3.8, 4) is 0 Å². The molecule has 1 aromatic heterocycles. The molecule has 0 aliphatic heterocycles. The van der Waals surface area contributed by atoms with Gasteiger partial charge >= 0.3 is 0 Å². The first-order valence-electron chi connectivity index (χ1n) is 6.58. The number of halogens is 1. The quantitative estimate of drug-likeness (QED) is 0.872. The number of nitrogens with zero attached hydrogens (tertiary/aromatic N) is 2. The van der Waals surface area contributed by atoms with Gasteiger partial charge in [-0.25, -0.2) is 14.4 Å². The van der Waals surface area contributed by atoms with Crippen molar-refractivity contribution in [2.75, 3.05) is 5.32 Å². The van der Waals surface area contributed by atoms with Crippen LogP contribution >= 0.6 is 0 Å². The van der Waals surface area contributed by atoms with Crippen molar-refractivity contribution in [2.45, 2.75) is 37.8 Å². The molecular weight excluding hydrogens is 245 g/mol. The fourth-order valence-electron chi connectivity index (χ4n) is 2.58. The third-order valence-corrected chi connectivity index (χ3v) is 3.65. The standard InChI is InChI=1S/C14H16FN3O/c15-12-3-1-2-11-13(12)16-8-17-14(11)18-9-4-6-10(19)7-5-9/h1-3,8-10,19H,4-7H2,(H,16,17,18). The molecule has 0 bridgehead atoms. The van der Waals surface area contributed by atoms with Crippen molar-refractivity contribution in [3.63, 3.8) is 0 Å². The third kappa shape index (κ3) is 2.51. The lowest BCUT2D eigenvalue weighted by molar-refractivity contribution is 0.126. The van der Waals surface area contributed by atoms with Gasteiger partial charge in [-0.05, 0) is 37.8 Å². The predicted octanol–water partition coefficient (Wildman–Crippen LogP) is 2.48. The first-order valence-corrected chi connectivity index (χ1v) is 6.58. The van der Waals surface area contributed by atoms with Crippen molar-refractivity contribution >= 4 is 16.7 Å². The predicted molar refractivity (Wildman–Crippen MR) is 71.4 cm³/mol. The number of benzene rings is 1. The molecule has 2 N–H and O–H groups in total. The molecule has 100 valence electrons. The lowest BCUT2D eigenvalue weighted by Crippen LogP contribution is -2.28. The molecule has 1 saturated carbocycles. The summed E-state index contributed by atoms with van der Waals surface area (Å²) in [6.45, 7) is 0. The molecule has 0 spiro atoms. The largest absolute Gasteiger partial charge is 0.393 e. The average molecular weight is 261 g/mol. The van der Waals surface area contributed by atoms with Crippen LogP contribution in [0.2, 0.25) is 0 Å². The van der Waals surface area contributed by atoms with Crippen LogP contribution in [0, 0.1) is 5.82 Å². The van der Waals surface area contributed by atoms with E-state index in [-0.39, 0.29) is 18.0 Å². The van der Waals surface area contributed by atoms with Crippen LogP contribution in [-0.2, 0) is 0 Å². The number of rotatable bonds is 2. The minimum atomic E-state index is -0.331. The van der Waals surface area contributed by atoms with E-state index in [1.54, 1.807) is 6.07 Å². The third-order valence-electron chi connectivity index (χ3n) is 3.65. The fourth-order valence-corrected chi connectivity index (χ4v) is 2.58. The summed E-state index contributed by atoms with van der Waals surface area (Å²) in [5, 5.41) is 13.5. The Hall–Kier alpha value is -1.75. The topological polar surface area (TPSA) is 58.0 Å². The summed E-state index contributed by atoms with van der Waals surface area (Å²) in [5.74, 6) is 0.341. The number of hydrogen-bond acceptors (Lipinski definition) is 4. The van der Waals surface area contributed by atoms with E-state index in [0.29, 0.717) is 16.7 Å². The Morgan fingerprint density at radius 1 is 1.16 bits per heavy atom. The summed E-state index contributed by atoms with van der Waals surface area (Å²) < 4.78 is 13.6. The van der Waals surface area contributed by atoms with Crippen molar-refractivity contribution in [1.82, 2.24) is 9.97 Å². The van der Waals surface area contributed by atoms with E-state index in [2.05, 4.69) is 15.3 Å². The summed E-state index contributed by atoms with van der Waals surface area (Å²) in [5.41, 5.74) is 0.343. The molecule has 1 fully saturated rings. The van der Waals surface area contributed by atoms with Gasteiger partial charge in [0.15, 0.2) is 0 Å². The minimum Gasteiger partial charge on any atom is -0.393 e. The molecule has 1 aliphatic carbocycles. The highest BCUT2D eigenvalue weighted by molar-refractivity contribution is 5.89. The maximum Gasteiger partial charge on any atom is 0.149 e. The Labute approximate surface area is 110 Å². The van der Waals surface area contributed by atoms with Crippen molar-refractivity contribution in [1.29, 1.82) is 0 Å². The van der Waals surface area contributed by atoms with Gasteiger partial charge in [0, 0.05) is 11.4 Å². The SMILES string of the molecule is OC1CCC(Nc2ncnc3c(F)cccc23)CC1. The number of hydrogen-bond donors (Lipinski definition) is 2. The van der Waals surface area contributed by atoms with E-state index in [0.717, 1.165) is 25.7 Å². The smallest absolute Gasteiger partial charge is 0.149 e. The number of aliphatic hydroxyl groups excluding tert-OH is 1. The van der Waals surface area contributed by atoms with Crippen molar-refractivity contribution in [2.24, 2.45) is 0 Å². The summed E-state index contributed by atoms with van der Waals surface area (Å²) >= 11 is 0. The molecule has 4 nitrogen and oxygen atoms in total. The monoisotopic (exact) mass is 261 g/mol. The highest BCUT2D eigenvalue weighted by Crippen LogP contribution is 2.25. The average Bonchev–Trinajstić information content (AvgIpc) is 2.43. The fraction of sp³-hybridized carbons (Fsp3) is 0.429. The van der Waals surface area contributed by atoms with Gasteiger partial charge < -0.3 is 10.4 Å². The van der Waals surface area contributed by atoms with Crippen molar-refractivity contribution < 1.29 is 9.50 Å². The van der Waals surface area contributed by atoms with Crippen LogP contribution in [0.1, 0.15) is 25.7 Å². The minimum absolute atomic E-state index is 0.183. The zero-order valence-corrected chi connectivity index (χ0v) is 10.5. The highest BCUT2D eigenvalue weighted by Gasteiger charge is 2.20. The Kier molecular flexibility index (Phi) is 3.29. The second kappa shape index (κ2) is 5.09. The Morgan fingerprint density at radius 2 is 1.95 bits per heavy atom. The molecular formula is C14H16FN3O. The lowest BCUT2D eigenvalue weighted by Gasteiger charge is -2.26. The maximum absolute atomic E-state index is 13.6. The van der Waals surface area contributed by atoms with Gasteiger partial charge in [-0.15, -0.1) is 0 Å². The molecule has 19 heavy (non-hydrogen) atoms. The number of aromatic nitrogens is 2. The number of aliphatic hydroxyl groups is 1. The molecule has 1 aromatic carbocycles. The van der Waals surface area contributed by atoms with E-state index in [9.17, 15) is 9.50 Å². The summed E-state index contributed by atoms with van der Waals surface area (Å²) in [7, 11) is 0. The molecule has 5 heteroatoms. The molecule has 0 radical (unpaired) electrons. The van der Waals surface area contributed by atoms with Crippen LogP contribution in [0.3, 0.4) is 0 Å². The number of para-hydroxylation sites is 1. The van der Waals surface area contributed by atoms with Crippen molar-refractivity contribution in [3.05, 3.63) is 30.3 Å². The van der Waals surface area contributed by atoms with Gasteiger partial charge in [-0.3, -0.25) is 0 Å². The van der Waals surface area contributed by atoms with E-state index in [4.69, 9.17) is 0 Å². The van der Waals surface area contributed by atoms with E-state index in [1.165, 1.54) is 12.4 Å². The summed E-state index contributed by atoms with van der Waals surface area (Å²) in [6, 6.07) is 5.16. The molecule has 0 saturated heterocycles. The van der Waals surface area contributed by atoms with E-state index < -0.39 is 0 Å². The maximum atomic E-state index is 13.6. The van der Waals surface area contributed by atoms with Crippen LogP contribution in [0.15, 0.2) is 24.5 Å². The van der Waals surface area contributed by atoms with Crippen LogP contribution in [0.25, 0.3) is 10.9 Å². The Morgan fingerprint density at radius 3 is 2.74 bits per heavy atom. The molecule has 3 rings (SSSR count). The highest BCUT2D eigenvalue weighted by atomic mass is 19.1. The second-order valence-corrected chi connectivity index (χ2v) is 5.01. The lowest BCUT2D eigenvalue weighted by atomic mass is 9.93. The van der Waals surface area contributed by atoms with Gasteiger partial charge in [0.2, 0.25) is 0 Å². The zero-order valence-electron chi connectivity index (χ0n) is 10.5. The van der Waals surface area contributed by atoms with Gasteiger partial charge in [-0.2, -0.15) is 0 Å². The van der Waals surface area contributed by atoms with Crippen LogP contribution in [-0.4, -0.2) is 27.2 Å². The molecule has 0 unspecified atom stereocenters. The van der Waals surface area contributed by atoms with Crippen LogP contribution < -0.4 is 5.32 Å². The number of fused-ring (bicyclic) bond motifs is 1. The second-order valence-electron chi connectivity index (χ2n) is 5.01. The van der Waals surface area contributed by atoms with E-state index >= 15 is 0 Å². The molecule has 0 amide bonds. The Balaban J connectivity index is 1.87. The zero-order chi connectivity index (χ0) is 13.2. The molecule has 0 atom stereocenters. The molecule has 1 aliphatic rings. The molecule has 2 aromatic rings. The van der Waals surface area contributed by atoms with Gasteiger partial charge in [-0.1, -0.05) is 6.07 Å². The summed E-state index contributed by atoms with van der Waals surface area (Å²) in [6.07, 6.45) is 4.61. The first kappa shape index (κ1) is 12.3.